The third-order valence-corrected chi connectivity index (χ3v) is 6.50. The average Bonchev–Trinajstić information content (AvgIpc) is 3.60. The van der Waals surface area contributed by atoms with Crippen molar-refractivity contribution in [3.8, 4) is 0 Å². The number of rotatable bonds is 9. The molecule has 0 radical (unpaired) electrons. The Balaban J connectivity index is 1.30. The molecule has 0 saturated heterocycles. The SMILES string of the molecule is CCCOC(=O)NC1CCC(Nc2cc(NC3CC3)c3ncc(C(=O)Nc4ccncc4F)n3n2)CC1. The van der Waals surface area contributed by atoms with E-state index in [-0.39, 0.29) is 29.6 Å². The van der Waals surface area contributed by atoms with E-state index in [0.717, 1.165) is 56.8 Å². The topological polar surface area (TPSA) is 135 Å². The number of hydrogen-bond acceptors (Lipinski definition) is 8. The summed E-state index contributed by atoms with van der Waals surface area (Å²) in [4.78, 5) is 33.0. The predicted octanol–water partition coefficient (Wildman–Crippen LogP) is 3.95. The summed E-state index contributed by atoms with van der Waals surface area (Å²) in [5.74, 6) is -0.544. The Labute approximate surface area is 213 Å². The van der Waals surface area contributed by atoms with Crippen molar-refractivity contribution in [3.05, 3.63) is 42.2 Å². The maximum atomic E-state index is 14.0. The molecule has 37 heavy (non-hydrogen) atoms. The summed E-state index contributed by atoms with van der Waals surface area (Å²) in [5.41, 5.74) is 1.52. The van der Waals surface area contributed by atoms with E-state index in [0.29, 0.717) is 24.1 Å². The van der Waals surface area contributed by atoms with Gasteiger partial charge in [0.1, 0.15) is 5.82 Å². The lowest BCUT2D eigenvalue weighted by Crippen LogP contribution is -2.40. The minimum absolute atomic E-state index is 0.0319. The first-order valence-electron chi connectivity index (χ1n) is 12.8. The van der Waals surface area contributed by atoms with E-state index in [1.807, 2.05) is 13.0 Å². The molecular weight excluding hydrogens is 479 g/mol. The van der Waals surface area contributed by atoms with Crippen LogP contribution in [0.25, 0.3) is 5.65 Å². The molecule has 2 aliphatic carbocycles. The van der Waals surface area contributed by atoms with Crippen LogP contribution in [-0.2, 0) is 4.74 Å². The number of halogens is 1. The van der Waals surface area contributed by atoms with Crippen LogP contribution >= 0.6 is 0 Å². The summed E-state index contributed by atoms with van der Waals surface area (Å²) in [6, 6.07) is 3.92. The van der Waals surface area contributed by atoms with Crippen LogP contribution in [-0.4, -0.2) is 56.3 Å². The second-order valence-corrected chi connectivity index (χ2v) is 9.52. The van der Waals surface area contributed by atoms with E-state index >= 15 is 0 Å². The third kappa shape index (κ3) is 6.07. The second-order valence-electron chi connectivity index (χ2n) is 9.52. The number of carbonyl (C=O) groups excluding carboxylic acids is 2. The number of pyridine rings is 1. The fraction of sp³-hybridized carbons (Fsp3) is 0.480. The van der Waals surface area contributed by atoms with Gasteiger partial charge in [-0.3, -0.25) is 9.78 Å². The number of hydrogen-bond donors (Lipinski definition) is 4. The highest BCUT2D eigenvalue weighted by Crippen LogP contribution is 2.30. The molecule has 3 aromatic heterocycles. The lowest BCUT2D eigenvalue weighted by molar-refractivity contribution is 0.101. The van der Waals surface area contributed by atoms with Gasteiger partial charge in [0, 0.05) is 30.4 Å². The Kier molecular flexibility index (Phi) is 7.33. The van der Waals surface area contributed by atoms with Gasteiger partial charge >= 0.3 is 6.09 Å². The number of imidazole rings is 1. The zero-order valence-electron chi connectivity index (χ0n) is 20.7. The molecule has 3 aromatic rings. The van der Waals surface area contributed by atoms with Gasteiger partial charge in [-0.1, -0.05) is 6.92 Å². The van der Waals surface area contributed by atoms with Crippen molar-refractivity contribution in [2.24, 2.45) is 0 Å². The highest BCUT2D eigenvalue weighted by Gasteiger charge is 2.26. The molecule has 11 nitrogen and oxygen atoms in total. The van der Waals surface area contributed by atoms with Crippen molar-refractivity contribution in [2.45, 2.75) is 70.0 Å². The van der Waals surface area contributed by atoms with Crippen LogP contribution in [0.5, 0.6) is 0 Å². The zero-order valence-corrected chi connectivity index (χ0v) is 20.7. The van der Waals surface area contributed by atoms with Crippen molar-refractivity contribution >= 4 is 34.8 Å². The molecule has 4 N–H and O–H groups in total. The van der Waals surface area contributed by atoms with Gasteiger partial charge in [-0.05, 0) is 51.0 Å². The number of carbonyl (C=O) groups is 2. The Morgan fingerprint density at radius 1 is 1.05 bits per heavy atom. The Morgan fingerprint density at radius 2 is 1.78 bits per heavy atom. The number of ether oxygens (including phenoxy) is 1. The van der Waals surface area contributed by atoms with Gasteiger partial charge < -0.3 is 26.0 Å². The number of nitrogens with one attached hydrogen (secondary N) is 4. The Hall–Kier alpha value is -3.96. The molecular formula is C25H31FN8O3. The highest BCUT2D eigenvalue weighted by molar-refractivity contribution is 6.03. The monoisotopic (exact) mass is 510 g/mol. The number of fused-ring (bicyclic) bond motifs is 1. The Bertz CT molecular complexity index is 1270. The van der Waals surface area contributed by atoms with E-state index < -0.39 is 11.7 Å². The van der Waals surface area contributed by atoms with Crippen LogP contribution in [0.1, 0.15) is 62.4 Å². The summed E-state index contributed by atoms with van der Waals surface area (Å²) in [6.45, 7) is 2.38. The summed E-state index contributed by atoms with van der Waals surface area (Å²) in [7, 11) is 0. The molecule has 5 rings (SSSR count). The molecule has 0 aromatic carbocycles. The maximum Gasteiger partial charge on any atom is 0.407 e. The van der Waals surface area contributed by atoms with Crippen LogP contribution in [0.2, 0.25) is 0 Å². The number of anilines is 3. The van der Waals surface area contributed by atoms with Crippen molar-refractivity contribution in [3.63, 3.8) is 0 Å². The lowest BCUT2D eigenvalue weighted by atomic mass is 9.91. The minimum Gasteiger partial charge on any atom is -0.450 e. The largest absolute Gasteiger partial charge is 0.450 e. The zero-order chi connectivity index (χ0) is 25.8. The first-order valence-corrected chi connectivity index (χ1v) is 12.8. The molecule has 3 heterocycles. The molecule has 12 heteroatoms. The van der Waals surface area contributed by atoms with E-state index in [1.165, 1.54) is 23.0 Å². The molecule has 2 saturated carbocycles. The fourth-order valence-corrected chi connectivity index (χ4v) is 4.40. The van der Waals surface area contributed by atoms with Gasteiger partial charge in [-0.15, -0.1) is 5.10 Å². The molecule has 2 amide bonds. The van der Waals surface area contributed by atoms with Gasteiger partial charge in [-0.2, -0.15) is 0 Å². The Morgan fingerprint density at radius 3 is 2.51 bits per heavy atom. The van der Waals surface area contributed by atoms with Crippen LogP contribution in [0.4, 0.5) is 26.4 Å². The number of amides is 2. The van der Waals surface area contributed by atoms with Crippen LogP contribution < -0.4 is 21.3 Å². The molecule has 196 valence electrons. The number of nitrogens with zero attached hydrogens (tertiary/aromatic N) is 4. The fourth-order valence-electron chi connectivity index (χ4n) is 4.40. The van der Waals surface area contributed by atoms with E-state index in [9.17, 15) is 14.0 Å². The second kappa shape index (κ2) is 11.0. The van der Waals surface area contributed by atoms with Gasteiger partial charge in [-0.25, -0.2) is 18.7 Å². The highest BCUT2D eigenvalue weighted by atomic mass is 19.1. The minimum atomic E-state index is -0.625. The summed E-state index contributed by atoms with van der Waals surface area (Å²) in [6.07, 6.45) is 9.81. The maximum absolute atomic E-state index is 14.0. The van der Waals surface area contributed by atoms with Crippen LogP contribution in [0.3, 0.4) is 0 Å². The molecule has 0 aliphatic heterocycles. The summed E-state index contributed by atoms with van der Waals surface area (Å²) < 4.78 is 20.6. The van der Waals surface area contributed by atoms with Crippen LogP contribution in [0, 0.1) is 5.82 Å². The van der Waals surface area contributed by atoms with Gasteiger partial charge in [0.15, 0.2) is 17.2 Å². The predicted molar refractivity (Wildman–Crippen MR) is 136 cm³/mol. The number of alkyl carbamates (subject to hydrolysis) is 1. The molecule has 0 atom stereocenters. The molecule has 0 spiro atoms. The summed E-state index contributed by atoms with van der Waals surface area (Å²) in [5, 5.41) is 17.1. The quantitative estimate of drug-likeness (QED) is 0.340. The first-order chi connectivity index (χ1) is 18.0. The summed E-state index contributed by atoms with van der Waals surface area (Å²) >= 11 is 0. The van der Waals surface area contributed by atoms with E-state index in [1.54, 1.807) is 0 Å². The van der Waals surface area contributed by atoms with Crippen molar-refractivity contribution in [2.75, 3.05) is 22.6 Å². The smallest absolute Gasteiger partial charge is 0.407 e. The van der Waals surface area contributed by atoms with Crippen LogP contribution in [0.15, 0.2) is 30.7 Å². The van der Waals surface area contributed by atoms with Gasteiger partial charge in [0.25, 0.3) is 5.91 Å². The molecule has 2 aliphatic rings. The molecule has 2 fully saturated rings. The van der Waals surface area contributed by atoms with E-state index in [4.69, 9.17) is 4.74 Å². The lowest BCUT2D eigenvalue weighted by Gasteiger charge is -2.29. The molecule has 0 unspecified atom stereocenters. The third-order valence-electron chi connectivity index (χ3n) is 6.50. The number of aromatic nitrogens is 4. The van der Waals surface area contributed by atoms with Crippen molar-refractivity contribution in [1.82, 2.24) is 24.9 Å². The molecule has 0 bridgehead atoms. The average molecular weight is 511 g/mol. The van der Waals surface area contributed by atoms with Gasteiger partial charge in [0.2, 0.25) is 0 Å². The van der Waals surface area contributed by atoms with Gasteiger partial charge in [0.05, 0.1) is 30.4 Å². The van der Waals surface area contributed by atoms with Crippen molar-refractivity contribution < 1.29 is 18.7 Å². The normalized spacial score (nSPS) is 19.3. The first kappa shape index (κ1) is 24.7. The van der Waals surface area contributed by atoms with Crippen molar-refractivity contribution in [1.29, 1.82) is 0 Å². The van der Waals surface area contributed by atoms with E-state index in [2.05, 4.69) is 36.3 Å². The standard InChI is InChI=1S/C25H31FN8O3/c1-2-11-37-25(36)31-17-7-5-16(6-8-17)30-22-12-20(29-15-3-4-15)23-28-14-21(34(23)33-22)24(35)32-19-9-10-27-13-18(19)26/h9-10,12-17,29H,2-8,11H2,1H3,(H,30,33)(H,31,36)(H,27,32,35).